The van der Waals surface area contributed by atoms with Crippen LogP contribution in [0.3, 0.4) is 0 Å². The van der Waals surface area contributed by atoms with Crippen LogP contribution in [-0.2, 0) is 19.4 Å². The topological polar surface area (TPSA) is 127 Å². The number of benzene rings is 3. The molecule has 1 aliphatic rings. The summed E-state index contributed by atoms with van der Waals surface area (Å²) < 4.78 is 46.0. The molecule has 1 atom stereocenters. The van der Waals surface area contributed by atoms with Crippen LogP contribution in [0.2, 0.25) is 0 Å². The van der Waals surface area contributed by atoms with Crippen LogP contribution in [-0.4, -0.2) is 39.8 Å². The number of thiazole rings is 1. The Bertz CT molecular complexity index is 1960. The smallest absolute Gasteiger partial charge is 0.338 e. The van der Waals surface area contributed by atoms with Gasteiger partial charge in [0.25, 0.3) is 5.56 Å². The van der Waals surface area contributed by atoms with Crippen molar-refractivity contribution in [1.29, 1.82) is 0 Å². The van der Waals surface area contributed by atoms with Crippen LogP contribution in [0.5, 0.6) is 11.5 Å². The normalized spacial score (nSPS) is 15.4. The number of carbonyl (C=O) groups is 1. The first-order chi connectivity index (χ1) is 20.2. The number of hydrogen-bond donors (Lipinski definition) is 1. The van der Waals surface area contributed by atoms with Crippen LogP contribution in [0, 0.1) is 0 Å². The summed E-state index contributed by atoms with van der Waals surface area (Å²) in [6.45, 7) is 1.69. The van der Waals surface area contributed by atoms with E-state index in [1.54, 1.807) is 86.8 Å². The van der Waals surface area contributed by atoms with Gasteiger partial charge < -0.3 is 19.9 Å². The van der Waals surface area contributed by atoms with Crippen molar-refractivity contribution >= 4 is 44.6 Å². The molecule has 0 aliphatic carbocycles. The lowest BCUT2D eigenvalue weighted by Crippen LogP contribution is -2.41. The Morgan fingerprint density at radius 3 is 2.12 bits per heavy atom. The number of aromatic nitrogens is 1. The number of ether oxygens (including phenoxy) is 3. The highest BCUT2D eigenvalue weighted by molar-refractivity contribution is 7.95. The zero-order chi connectivity index (χ0) is 30.0. The molecule has 11 heteroatoms. The second kappa shape index (κ2) is 11.7. The van der Waals surface area contributed by atoms with E-state index in [1.807, 2.05) is 0 Å². The van der Waals surface area contributed by atoms with Gasteiger partial charge in [-0.25, -0.2) is 13.2 Å². The fraction of sp³-hybridized carbons (Fsp3) is 0.161. The van der Waals surface area contributed by atoms with E-state index in [0.29, 0.717) is 22.6 Å². The SMILES string of the molecule is CCOC(=O)C1=c2sc(=Cc3ccc(OC)cc3)c(=O)n2C(N)=C(S(=O)(=O)c2ccccc2)C1c1ccc(OC)cc1. The van der Waals surface area contributed by atoms with E-state index >= 15 is 0 Å². The van der Waals surface area contributed by atoms with E-state index < -0.39 is 27.3 Å². The van der Waals surface area contributed by atoms with E-state index in [4.69, 9.17) is 19.9 Å². The Labute approximate surface area is 246 Å². The van der Waals surface area contributed by atoms with Gasteiger partial charge in [0.15, 0.2) is 0 Å². The first kappa shape index (κ1) is 28.9. The minimum absolute atomic E-state index is 0.00204. The molecular weight excluding hydrogens is 576 g/mol. The predicted molar refractivity (Wildman–Crippen MR) is 161 cm³/mol. The number of sulfone groups is 1. The van der Waals surface area contributed by atoms with Crippen molar-refractivity contribution in [2.45, 2.75) is 17.7 Å². The van der Waals surface area contributed by atoms with Gasteiger partial charge in [-0.3, -0.25) is 9.36 Å². The third-order valence-corrected chi connectivity index (χ3v) is 9.82. The summed E-state index contributed by atoms with van der Waals surface area (Å²) in [5.41, 5.74) is 7.24. The lowest BCUT2D eigenvalue weighted by molar-refractivity contribution is -0.136. The van der Waals surface area contributed by atoms with Crippen molar-refractivity contribution in [3.63, 3.8) is 0 Å². The summed E-state index contributed by atoms with van der Waals surface area (Å²) in [4.78, 5) is 27.2. The number of fused-ring (bicyclic) bond motifs is 1. The molecule has 1 unspecified atom stereocenters. The Morgan fingerprint density at radius 2 is 1.55 bits per heavy atom. The average Bonchev–Trinajstić information content (AvgIpc) is 3.33. The first-order valence-electron chi connectivity index (χ1n) is 12.9. The van der Waals surface area contributed by atoms with Gasteiger partial charge in [0.05, 0.1) is 41.7 Å². The molecular formula is C31H28N2O7S2. The maximum Gasteiger partial charge on any atom is 0.338 e. The summed E-state index contributed by atoms with van der Waals surface area (Å²) in [5.74, 6) is -0.999. The molecule has 3 aromatic carbocycles. The van der Waals surface area contributed by atoms with Crippen LogP contribution >= 0.6 is 11.3 Å². The molecule has 0 radical (unpaired) electrons. The predicted octanol–water partition coefficient (Wildman–Crippen LogP) is 2.83. The maximum atomic E-state index is 14.3. The van der Waals surface area contributed by atoms with Gasteiger partial charge in [-0.2, -0.15) is 0 Å². The maximum absolute atomic E-state index is 14.3. The summed E-state index contributed by atoms with van der Waals surface area (Å²) in [7, 11) is -1.24. The van der Waals surface area contributed by atoms with Gasteiger partial charge in [-0.1, -0.05) is 42.5 Å². The zero-order valence-electron chi connectivity index (χ0n) is 23.1. The Hall–Kier alpha value is -4.61. The third kappa shape index (κ3) is 5.12. The number of hydrogen-bond acceptors (Lipinski definition) is 9. The number of nitrogens with two attached hydrogens (primary N) is 1. The molecule has 216 valence electrons. The summed E-state index contributed by atoms with van der Waals surface area (Å²) in [6.07, 6.45) is 1.65. The molecule has 0 saturated heterocycles. The Balaban J connectivity index is 1.89. The highest BCUT2D eigenvalue weighted by atomic mass is 32.2. The molecule has 4 aromatic rings. The van der Waals surface area contributed by atoms with Crippen LogP contribution in [0.4, 0.5) is 0 Å². The Kier molecular flexibility index (Phi) is 8.06. The number of rotatable bonds is 8. The minimum Gasteiger partial charge on any atom is -0.497 e. The molecule has 5 rings (SSSR count). The first-order valence-corrected chi connectivity index (χ1v) is 15.2. The minimum atomic E-state index is -4.31. The summed E-state index contributed by atoms with van der Waals surface area (Å²) >= 11 is 1.04. The molecule has 0 amide bonds. The second-order valence-electron chi connectivity index (χ2n) is 9.24. The number of methoxy groups -OCH3 is 2. The standard InChI is InChI=1S/C31H28N2O7S2/c1-4-40-31(35)26-25(20-12-16-22(39-3)17-13-20)27(42(36,37)23-8-6-5-7-9-23)28(32)33-29(34)24(41-30(26)33)18-19-10-14-21(38-2)15-11-19/h5-18,25H,4,32H2,1-3H3. The van der Waals surface area contributed by atoms with Crippen LogP contribution in [0.15, 0.2) is 93.5 Å². The second-order valence-corrected chi connectivity index (χ2v) is 12.2. The molecule has 2 heterocycles. The van der Waals surface area contributed by atoms with Crippen LogP contribution in [0.25, 0.3) is 17.5 Å². The third-order valence-electron chi connectivity index (χ3n) is 6.80. The number of nitrogens with zero attached hydrogens (tertiary/aromatic N) is 1. The zero-order valence-corrected chi connectivity index (χ0v) is 24.7. The van der Waals surface area contributed by atoms with E-state index in [2.05, 4.69) is 0 Å². The van der Waals surface area contributed by atoms with Gasteiger partial charge in [0.1, 0.15) is 26.9 Å². The lowest BCUT2D eigenvalue weighted by Gasteiger charge is -2.28. The molecule has 0 bridgehead atoms. The fourth-order valence-electron chi connectivity index (χ4n) is 4.79. The number of esters is 1. The van der Waals surface area contributed by atoms with Gasteiger partial charge in [-0.15, -0.1) is 11.3 Å². The molecule has 0 fully saturated rings. The van der Waals surface area contributed by atoms with Crippen LogP contribution < -0.4 is 30.0 Å². The van der Waals surface area contributed by atoms with E-state index in [-0.39, 0.29) is 37.0 Å². The van der Waals surface area contributed by atoms with Crippen molar-refractivity contribution in [2.24, 2.45) is 5.73 Å². The lowest BCUT2D eigenvalue weighted by atomic mass is 9.89. The van der Waals surface area contributed by atoms with Crippen molar-refractivity contribution in [3.05, 3.63) is 114 Å². The molecule has 1 aromatic heterocycles. The monoisotopic (exact) mass is 604 g/mol. The number of allylic oxidation sites excluding steroid dienone is 1. The van der Waals surface area contributed by atoms with Gasteiger partial charge in [0.2, 0.25) is 9.84 Å². The molecule has 0 saturated carbocycles. The molecule has 42 heavy (non-hydrogen) atoms. The highest BCUT2D eigenvalue weighted by Crippen LogP contribution is 2.42. The van der Waals surface area contributed by atoms with Crippen molar-refractivity contribution in [3.8, 4) is 11.5 Å². The molecule has 1 aliphatic heterocycles. The molecule has 2 N–H and O–H groups in total. The van der Waals surface area contributed by atoms with Gasteiger partial charge in [0, 0.05) is 0 Å². The Morgan fingerprint density at radius 1 is 0.952 bits per heavy atom. The van der Waals surface area contributed by atoms with Crippen LogP contribution in [0.1, 0.15) is 24.0 Å². The highest BCUT2D eigenvalue weighted by Gasteiger charge is 2.42. The quantitative estimate of drug-likeness (QED) is 0.304. The summed E-state index contributed by atoms with van der Waals surface area (Å²) in [6, 6.07) is 21.5. The fourth-order valence-corrected chi connectivity index (χ4v) is 7.66. The molecule has 0 spiro atoms. The molecule has 9 nitrogen and oxygen atoms in total. The van der Waals surface area contributed by atoms with Gasteiger partial charge >= 0.3 is 5.97 Å². The number of carbonyl (C=O) groups excluding carboxylic acids is 1. The van der Waals surface area contributed by atoms with Crippen molar-refractivity contribution < 1.29 is 27.4 Å². The average molecular weight is 605 g/mol. The van der Waals surface area contributed by atoms with Crippen molar-refractivity contribution in [1.82, 2.24) is 4.57 Å². The largest absolute Gasteiger partial charge is 0.497 e. The summed E-state index contributed by atoms with van der Waals surface area (Å²) in [5, 5.41) is 0. The van der Waals surface area contributed by atoms with E-state index in [9.17, 15) is 18.0 Å². The van der Waals surface area contributed by atoms with Crippen molar-refractivity contribution in [2.75, 3.05) is 20.8 Å². The van der Waals surface area contributed by atoms with E-state index in [1.165, 1.54) is 19.2 Å². The van der Waals surface area contributed by atoms with Gasteiger partial charge in [-0.05, 0) is 60.5 Å². The van der Waals surface area contributed by atoms with E-state index in [0.717, 1.165) is 15.9 Å².